The van der Waals surface area contributed by atoms with Gasteiger partial charge in [0.25, 0.3) is 5.91 Å². The smallest absolute Gasteiger partial charge is 0.254 e. The highest BCUT2D eigenvalue weighted by Gasteiger charge is 2.22. The van der Waals surface area contributed by atoms with Crippen molar-refractivity contribution >= 4 is 23.2 Å². The normalized spacial score (nSPS) is 14.2. The van der Waals surface area contributed by atoms with Crippen LogP contribution < -0.4 is 25.4 Å². The van der Waals surface area contributed by atoms with Crippen LogP contribution in [0.25, 0.3) is 11.1 Å². The summed E-state index contributed by atoms with van der Waals surface area (Å²) in [5.41, 5.74) is 11.2. The zero-order chi connectivity index (χ0) is 29.7. The zero-order valence-electron chi connectivity index (χ0n) is 24.9. The second kappa shape index (κ2) is 12.9. The van der Waals surface area contributed by atoms with E-state index in [0.717, 1.165) is 54.0 Å². The molecule has 0 bridgehead atoms. The molecule has 3 aromatic carbocycles. The van der Waals surface area contributed by atoms with Gasteiger partial charge in [0.2, 0.25) is 12.7 Å². The Morgan fingerprint density at radius 3 is 2.48 bits per heavy atom. The number of rotatable bonds is 10. The largest absolute Gasteiger partial charge is 0.454 e. The van der Waals surface area contributed by atoms with E-state index in [1.807, 2.05) is 17.0 Å². The van der Waals surface area contributed by atoms with E-state index >= 15 is 0 Å². The topological polar surface area (TPSA) is 97.1 Å². The molecule has 2 heterocycles. The van der Waals surface area contributed by atoms with Crippen molar-refractivity contribution in [1.82, 2.24) is 4.90 Å². The fraction of sp³-hybridized carbons (Fsp3) is 0.412. The van der Waals surface area contributed by atoms with Gasteiger partial charge in [-0.2, -0.15) is 0 Å². The van der Waals surface area contributed by atoms with E-state index < -0.39 is 0 Å². The number of nitrogens with one attached hydrogen (secondary N) is 1. The van der Waals surface area contributed by atoms with Crippen LogP contribution in [-0.2, 0) is 11.3 Å². The van der Waals surface area contributed by atoms with Crippen LogP contribution >= 0.6 is 0 Å². The maximum absolute atomic E-state index is 13.6. The van der Waals surface area contributed by atoms with Crippen LogP contribution in [0.15, 0.2) is 60.7 Å². The Morgan fingerprint density at radius 1 is 0.952 bits per heavy atom. The Labute approximate surface area is 248 Å². The van der Waals surface area contributed by atoms with Crippen LogP contribution in [0.1, 0.15) is 62.4 Å². The number of hydrogen-bond donors (Lipinski definition) is 2. The van der Waals surface area contributed by atoms with Gasteiger partial charge in [0.05, 0.1) is 11.4 Å². The summed E-state index contributed by atoms with van der Waals surface area (Å²) in [5.74, 6) is 1.18. The standard InChI is InChI=1S/C34H42N4O4/c1-34(2,3)21-32(39)36-28-19-26(10-12-29(28)37-15-4-5-16-37)25-9-6-8-24(18-25)22-38(17-7-14-35)33(40)27-11-13-30-31(20-27)42-23-41-30/h6,8-13,18-20H,4-5,7,14-17,21-23,35H2,1-3H3,(H,36,39). The van der Waals surface area contributed by atoms with E-state index in [2.05, 4.69) is 61.3 Å². The van der Waals surface area contributed by atoms with Crippen molar-refractivity contribution in [1.29, 1.82) is 0 Å². The molecule has 2 amide bonds. The first-order valence-corrected chi connectivity index (χ1v) is 14.9. The Morgan fingerprint density at radius 2 is 1.71 bits per heavy atom. The van der Waals surface area contributed by atoms with Crippen molar-refractivity contribution in [3.63, 3.8) is 0 Å². The molecule has 8 heteroatoms. The molecule has 1 saturated heterocycles. The van der Waals surface area contributed by atoms with Crippen LogP contribution in [0.3, 0.4) is 0 Å². The second-order valence-electron chi connectivity index (χ2n) is 12.3. The summed E-state index contributed by atoms with van der Waals surface area (Å²) in [6.07, 6.45) is 3.46. The number of ether oxygens (including phenoxy) is 2. The first-order chi connectivity index (χ1) is 20.2. The number of nitrogens with two attached hydrogens (primary N) is 1. The lowest BCUT2D eigenvalue weighted by Gasteiger charge is -2.24. The lowest BCUT2D eigenvalue weighted by atomic mass is 9.92. The third-order valence-electron chi connectivity index (χ3n) is 7.58. The van der Waals surface area contributed by atoms with Crippen LogP contribution in [-0.4, -0.2) is 49.7 Å². The van der Waals surface area contributed by atoms with Gasteiger partial charge < -0.3 is 30.3 Å². The second-order valence-corrected chi connectivity index (χ2v) is 12.3. The fourth-order valence-corrected chi connectivity index (χ4v) is 5.54. The molecule has 8 nitrogen and oxygen atoms in total. The van der Waals surface area contributed by atoms with Crippen molar-refractivity contribution in [2.24, 2.45) is 11.1 Å². The van der Waals surface area contributed by atoms with Gasteiger partial charge in [-0.15, -0.1) is 0 Å². The predicted octanol–water partition coefficient (Wildman–Crippen LogP) is 6.05. The van der Waals surface area contributed by atoms with Crippen molar-refractivity contribution in [2.75, 3.05) is 43.2 Å². The van der Waals surface area contributed by atoms with Crippen LogP contribution in [0.4, 0.5) is 11.4 Å². The molecule has 0 atom stereocenters. The lowest BCUT2D eigenvalue weighted by molar-refractivity contribution is -0.117. The predicted molar refractivity (Wildman–Crippen MR) is 167 cm³/mol. The average molecular weight is 571 g/mol. The first kappa shape index (κ1) is 29.5. The molecule has 0 aromatic heterocycles. The van der Waals surface area contributed by atoms with Crippen molar-refractivity contribution < 1.29 is 19.1 Å². The van der Waals surface area contributed by atoms with Crippen LogP contribution in [0, 0.1) is 5.41 Å². The van der Waals surface area contributed by atoms with Gasteiger partial charge in [0, 0.05) is 38.2 Å². The van der Waals surface area contributed by atoms with Crippen LogP contribution in [0.5, 0.6) is 11.5 Å². The molecular formula is C34H42N4O4. The molecule has 42 heavy (non-hydrogen) atoms. The average Bonchev–Trinajstić information content (AvgIpc) is 3.66. The van der Waals surface area contributed by atoms with E-state index in [0.29, 0.717) is 49.5 Å². The SMILES string of the molecule is CC(C)(C)CC(=O)Nc1cc(-c2cccc(CN(CCCN)C(=O)c3ccc4c(c3)OCO4)c2)ccc1N1CCCC1. The van der Waals surface area contributed by atoms with E-state index in [1.165, 1.54) is 0 Å². The van der Waals surface area contributed by atoms with Gasteiger partial charge in [0.1, 0.15) is 0 Å². The highest BCUT2D eigenvalue weighted by atomic mass is 16.7. The molecule has 222 valence electrons. The number of benzene rings is 3. The summed E-state index contributed by atoms with van der Waals surface area (Å²) in [7, 11) is 0. The van der Waals surface area contributed by atoms with Gasteiger partial charge in [-0.1, -0.05) is 45.0 Å². The molecule has 2 aliphatic rings. The summed E-state index contributed by atoms with van der Waals surface area (Å²) in [6.45, 7) is 9.86. The van der Waals surface area contributed by atoms with Gasteiger partial charge in [-0.25, -0.2) is 0 Å². The maximum Gasteiger partial charge on any atom is 0.254 e. The first-order valence-electron chi connectivity index (χ1n) is 14.9. The van der Waals surface area contributed by atoms with Gasteiger partial charge in [-0.3, -0.25) is 9.59 Å². The molecule has 0 radical (unpaired) electrons. The Bertz CT molecular complexity index is 1430. The number of hydrogen-bond acceptors (Lipinski definition) is 6. The Hall–Kier alpha value is -4.04. The van der Waals surface area contributed by atoms with E-state index in [-0.39, 0.29) is 24.0 Å². The highest BCUT2D eigenvalue weighted by Crippen LogP contribution is 2.35. The monoisotopic (exact) mass is 570 g/mol. The van der Waals surface area contributed by atoms with Crippen LogP contribution in [0.2, 0.25) is 0 Å². The van der Waals surface area contributed by atoms with E-state index in [1.54, 1.807) is 18.2 Å². The van der Waals surface area contributed by atoms with Crippen molar-refractivity contribution in [3.8, 4) is 22.6 Å². The molecule has 0 saturated carbocycles. The fourth-order valence-electron chi connectivity index (χ4n) is 5.54. The molecule has 2 aliphatic heterocycles. The minimum absolute atomic E-state index is 0.0198. The summed E-state index contributed by atoms with van der Waals surface area (Å²) in [5, 5.41) is 3.21. The molecule has 0 unspecified atom stereocenters. The molecular weight excluding hydrogens is 528 g/mol. The van der Waals surface area contributed by atoms with Gasteiger partial charge in [-0.05, 0) is 84.3 Å². The summed E-state index contributed by atoms with van der Waals surface area (Å²) < 4.78 is 10.9. The highest BCUT2D eigenvalue weighted by molar-refractivity contribution is 5.96. The molecule has 3 N–H and O–H groups in total. The third-order valence-corrected chi connectivity index (χ3v) is 7.58. The molecule has 1 fully saturated rings. The Kier molecular flexibility index (Phi) is 9.02. The molecule has 0 aliphatic carbocycles. The molecule has 3 aromatic rings. The number of amides is 2. The van der Waals surface area contributed by atoms with Gasteiger partial charge in [0.15, 0.2) is 11.5 Å². The van der Waals surface area contributed by atoms with E-state index in [4.69, 9.17) is 15.2 Å². The minimum atomic E-state index is -0.0996. The van der Waals surface area contributed by atoms with E-state index in [9.17, 15) is 9.59 Å². The minimum Gasteiger partial charge on any atom is -0.454 e. The number of anilines is 2. The van der Waals surface area contributed by atoms with Gasteiger partial charge >= 0.3 is 0 Å². The van der Waals surface area contributed by atoms with Crippen molar-refractivity contribution in [2.45, 2.75) is 53.0 Å². The zero-order valence-corrected chi connectivity index (χ0v) is 24.9. The summed E-state index contributed by atoms with van der Waals surface area (Å²) in [4.78, 5) is 30.7. The molecule has 0 spiro atoms. The van der Waals surface area contributed by atoms with Crippen molar-refractivity contribution in [3.05, 3.63) is 71.8 Å². The quantitative estimate of drug-likeness (QED) is 0.308. The number of carbonyl (C=O) groups excluding carboxylic acids is 2. The number of carbonyl (C=O) groups is 2. The number of nitrogens with zero attached hydrogens (tertiary/aromatic N) is 2. The third kappa shape index (κ3) is 7.23. The summed E-state index contributed by atoms with van der Waals surface area (Å²) >= 11 is 0. The lowest BCUT2D eigenvalue weighted by Crippen LogP contribution is -2.32. The maximum atomic E-state index is 13.6. The molecule has 5 rings (SSSR count). The summed E-state index contributed by atoms with van der Waals surface area (Å²) in [6, 6.07) is 19.9. The Balaban J connectivity index is 1.39. The number of fused-ring (bicyclic) bond motifs is 1.